The number of phenols is 1. The van der Waals surface area contributed by atoms with E-state index in [4.69, 9.17) is 10.2 Å². The van der Waals surface area contributed by atoms with E-state index in [9.17, 15) is 4.79 Å². The summed E-state index contributed by atoms with van der Waals surface area (Å²) in [6.07, 6.45) is 2.04. The van der Waals surface area contributed by atoms with E-state index >= 15 is 0 Å². The summed E-state index contributed by atoms with van der Waals surface area (Å²) < 4.78 is 0. The van der Waals surface area contributed by atoms with Gasteiger partial charge in [0.2, 0.25) is 0 Å². The average molecular weight is 250 g/mol. The molecule has 2 rings (SSSR count). The number of urea groups is 1. The van der Waals surface area contributed by atoms with Crippen LogP contribution in [0.5, 0.6) is 5.75 Å². The third-order valence-corrected chi connectivity index (χ3v) is 2.97. The number of nitrogens with zero attached hydrogens (tertiary/aromatic N) is 1. The molecule has 1 fully saturated rings. The maximum absolute atomic E-state index is 11.9. The Bertz CT molecular complexity index is 401. The van der Waals surface area contributed by atoms with E-state index < -0.39 is 0 Å². The number of benzene rings is 1. The van der Waals surface area contributed by atoms with E-state index in [1.165, 1.54) is 0 Å². The topological polar surface area (TPSA) is 72.8 Å². The maximum Gasteiger partial charge on any atom is 0.317 e. The van der Waals surface area contributed by atoms with Crippen LogP contribution in [0.4, 0.5) is 4.79 Å². The molecule has 3 N–H and O–H groups in total. The molecule has 0 atom stereocenters. The van der Waals surface area contributed by atoms with Crippen molar-refractivity contribution in [1.82, 2.24) is 10.2 Å². The van der Waals surface area contributed by atoms with Gasteiger partial charge in [-0.3, -0.25) is 0 Å². The van der Waals surface area contributed by atoms with Gasteiger partial charge < -0.3 is 20.4 Å². The van der Waals surface area contributed by atoms with Crippen LogP contribution in [0.2, 0.25) is 0 Å². The van der Waals surface area contributed by atoms with Gasteiger partial charge in [0.25, 0.3) is 0 Å². The monoisotopic (exact) mass is 250 g/mol. The van der Waals surface area contributed by atoms with E-state index in [1.54, 1.807) is 29.2 Å². The van der Waals surface area contributed by atoms with Crippen molar-refractivity contribution in [2.24, 2.45) is 0 Å². The van der Waals surface area contributed by atoms with Crippen LogP contribution < -0.4 is 5.32 Å². The highest BCUT2D eigenvalue weighted by molar-refractivity contribution is 5.74. The van der Waals surface area contributed by atoms with Gasteiger partial charge in [0.15, 0.2) is 0 Å². The zero-order valence-corrected chi connectivity index (χ0v) is 10.2. The molecule has 0 saturated heterocycles. The van der Waals surface area contributed by atoms with Gasteiger partial charge in [0.1, 0.15) is 5.75 Å². The molecule has 1 aliphatic rings. The van der Waals surface area contributed by atoms with Crippen molar-refractivity contribution in [3.63, 3.8) is 0 Å². The standard InChI is InChI=1S/C13H18N2O3/c16-8-7-15(11-3-4-11)13(18)14-9-10-1-5-12(17)6-2-10/h1-2,5-6,11,16-17H,3-4,7-9H2,(H,14,18). The van der Waals surface area contributed by atoms with Gasteiger partial charge in [-0.15, -0.1) is 0 Å². The van der Waals surface area contributed by atoms with Crippen LogP contribution in [-0.4, -0.2) is 40.3 Å². The van der Waals surface area contributed by atoms with Gasteiger partial charge in [0.05, 0.1) is 6.61 Å². The quantitative estimate of drug-likeness (QED) is 0.731. The minimum atomic E-state index is -0.139. The maximum atomic E-state index is 11.9. The molecular weight excluding hydrogens is 232 g/mol. The number of amides is 2. The molecular formula is C13H18N2O3. The Labute approximate surface area is 106 Å². The first-order chi connectivity index (χ1) is 8.70. The highest BCUT2D eigenvalue weighted by Crippen LogP contribution is 2.26. The summed E-state index contributed by atoms with van der Waals surface area (Å²) in [6, 6.07) is 6.87. The Morgan fingerprint density at radius 1 is 1.33 bits per heavy atom. The lowest BCUT2D eigenvalue weighted by atomic mass is 10.2. The van der Waals surface area contributed by atoms with Crippen LogP contribution in [0.1, 0.15) is 18.4 Å². The van der Waals surface area contributed by atoms with Crippen LogP contribution in [0.3, 0.4) is 0 Å². The molecule has 1 aromatic rings. The number of rotatable bonds is 5. The van der Waals surface area contributed by atoms with E-state index in [2.05, 4.69) is 5.32 Å². The summed E-state index contributed by atoms with van der Waals surface area (Å²) >= 11 is 0. The Hall–Kier alpha value is -1.75. The first-order valence-electron chi connectivity index (χ1n) is 6.14. The summed E-state index contributed by atoms with van der Waals surface area (Å²) in [5, 5.41) is 20.9. The van der Waals surface area contributed by atoms with E-state index in [0.717, 1.165) is 18.4 Å². The Morgan fingerprint density at radius 3 is 2.56 bits per heavy atom. The second kappa shape index (κ2) is 5.73. The Morgan fingerprint density at radius 2 is 2.00 bits per heavy atom. The largest absolute Gasteiger partial charge is 0.508 e. The number of carbonyl (C=O) groups excluding carboxylic acids is 1. The third kappa shape index (κ3) is 3.37. The summed E-state index contributed by atoms with van der Waals surface area (Å²) in [5.41, 5.74) is 0.931. The third-order valence-electron chi connectivity index (χ3n) is 2.97. The smallest absolute Gasteiger partial charge is 0.317 e. The van der Waals surface area contributed by atoms with Crippen LogP contribution >= 0.6 is 0 Å². The zero-order chi connectivity index (χ0) is 13.0. The number of carbonyl (C=O) groups is 1. The van der Waals surface area contributed by atoms with Crippen LogP contribution in [0, 0.1) is 0 Å². The number of aliphatic hydroxyl groups excluding tert-OH is 1. The summed E-state index contributed by atoms with van der Waals surface area (Å²) in [6.45, 7) is 0.795. The summed E-state index contributed by atoms with van der Waals surface area (Å²) in [7, 11) is 0. The number of hydrogen-bond donors (Lipinski definition) is 3. The van der Waals surface area contributed by atoms with Crippen molar-refractivity contribution in [1.29, 1.82) is 0 Å². The molecule has 98 valence electrons. The van der Waals surface area contributed by atoms with Crippen LogP contribution in [0.25, 0.3) is 0 Å². The van der Waals surface area contributed by atoms with E-state index in [-0.39, 0.29) is 24.4 Å². The van der Waals surface area contributed by atoms with E-state index in [1.807, 2.05) is 0 Å². The molecule has 1 aliphatic carbocycles. The van der Waals surface area contributed by atoms with Crippen LogP contribution in [0.15, 0.2) is 24.3 Å². The fourth-order valence-corrected chi connectivity index (χ4v) is 1.84. The molecule has 0 aliphatic heterocycles. The SMILES string of the molecule is O=C(NCc1ccc(O)cc1)N(CCO)C1CC1. The molecule has 0 bridgehead atoms. The summed E-state index contributed by atoms with van der Waals surface area (Å²) in [4.78, 5) is 13.6. The van der Waals surface area contributed by atoms with Crippen molar-refractivity contribution in [2.75, 3.05) is 13.2 Å². The van der Waals surface area contributed by atoms with Crippen molar-refractivity contribution in [2.45, 2.75) is 25.4 Å². The number of aliphatic hydroxyl groups is 1. The zero-order valence-electron chi connectivity index (χ0n) is 10.2. The number of aromatic hydroxyl groups is 1. The highest BCUT2D eigenvalue weighted by Gasteiger charge is 2.31. The normalized spacial score (nSPS) is 14.3. The predicted octanol–water partition coefficient (Wildman–Crippen LogP) is 1.06. The first-order valence-corrected chi connectivity index (χ1v) is 6.14. The lowest BCUT2D eigenvalue weighted by Crippen LogP contribution is -2.42. The lowest BCUT2D eigenvalue weighted by Gasteiger charge is -2.21. The highest BCUT2D eigenvalue weighted by atomic mass is 16.3. The van der Waals surface area contributed by atoms with Gasteiger partial charge in [-0.1, -0.05) is 12.1 Å². The first kappa shape index (κ1) is 12.7. The number of nitrogens with one attached hydrogen (secondary N) is 1. The molecule has 5 nitrogen and oxygen atoms in total. The van der Waals surface area contributed by atoms with Crippen molar-refractivity contribution in [3.05, 3.63) is 29.8 Å². The second-order valence-electron chi connectivity index (χ2n) is 4.47. The molecule has 1 aromatic carbocycles. The summed E-state index contributed by atoms with van der Waals surface area (Å²) in [5.74, 6) is 0.213. The molecule has 0 unspecified atom stereocenters. The number of phenolic OH excluding ortho intramolecular Hbond substituents is 1. The molecule has 0 aromatic heterocycles. The van der Waals surface area contributed by atoms with Gasteiger partial charge in [-0.2, -0.15) is 0 Å². The van der Waals surface area contributed by atoms with Gasteiger partial charge in [-0.05, 0) is 30.5 Å². The average Bonchev–Trinajstić information content (AvgIpc) is 3.19. The molecule has 0 heterocycles. The molecule has 0 spiro atoms. The van der Waals surface area contributed by atoms with Crippen molar-refractivity contribution < 1.29 is 15.0 Å². The minimum absolute atomic E-state index is 0.0108. The van der Waals surface area contributed by atoms with Crippen LogP contribution in [-0.2, 0) is 6.54 Å². The fourth-order valence-electron chi connectivity index (χ4n) is 1.84. The molecule has 18 heavy (non-hydrogen) atoms. The van der Waals surface area contributed by atoms with Gasteiger partial charge >= 0.3 is 6.03 Å². The second-order valence-corrected chi connectivity index (χ2v) is 4.47. The fraction of sp³-hybridized carbons (Fsp3) is 0.462. The van der Waals surface area contributed by atoms with E-state index in [0.29, 0.717) is 13.1 Å². The Kier molecular flexibility index (Phi) is 4.04. The Balaban J connectivity index is 1.84. The molecule has 5 heteroatoms. The molecule has 0 radical (unpaired) electrons. The molecule has 2 amide bonds. The molecule has 1 saturated carbocycles. The van der Waals surface area contributed by atoms with Crippen molar-refractivity contribution >= 4 is 6.03 Å². The van der Waals surface area contributed by atoms with Crippen molar-refractivity contribution in [3.8, 4) is 5.75 Å². The van der Waals surface area contributed by atoms with Gasteiger partial charge in [-0.25, -0.2) is 4.79 Å². The lowest BCUT2D eigenvalue weighted by molar-refractivity contribution is 0.173. The minimum Gasteiger partial charge on any atom is -0.508 e. The predicted molar refractivity (Wildman–Crippen MR) is 67.2 cm³/mol. The number of hydrogen-bond acceptors (Lipinski definition) is 3. The van der Waals surface area contributed by atoms with Gasteiger partial charge in [0, 0.05) is 19.1 Å².